The fourth-order valence-corrected chi connectivity index (χ4v) is 3.62. The topological polar surface area (TPSA) is 79.5 Å². The van der Waals surface area contributed by atoms with Gasteiger partial charge in [0.1, 0.15) is 17.6 Å². The summed E-state index contributed by atoms with van der Waals surface area (Å²) < 4.78 is 19.9. The number of carbonyl (C=O) groups excluding carboxylic acids is 1. The first-order chi connectivity index (χ1) is 17.3. The Morgan fingerprint density at radius 2 is 1.53 bits per heavy atom. The van der Waals surface area contributed by atoms with E-state index in [1.165, 1.54) is 18.2 Å². The van der Waals surface area contributed by atoms with Crippen molar-refractivity contribution in [3.8, 4) is 23.2 Å². The summed E-state index contributed by atoms with van der Waals surface area (Å²) in [6.45, 7) is 3.94. The van der Waals surface area contributed by atoms with Crippen molar-refractivity contribution in [1.82, 2.24) is 5.32 Å². The number of aliphatic carboxylic acids is 1. The highest BCUT2D eigenvalue weighted by atomic mass is 19.1. The van der Waals surface area contributed by atoms with Gasteiger partial charge in [-0.25, -0.2) is 9.18 Å². The average Bonchev–Trinajstić information content (AvgIpc) is 3.34. The molecule has 0 aliphatic rings. The fraction of sp³-hybridized carbons (Fsp3) is 0.133. The molecule has 0 fully saturated rings. The molecular formula is C30H24FNO4. The van der Waals surface area contributed by atoms with Gasteiger partial charge in [0.05, 0.1) is 0 Å². The van der Waals surface area contributed by atoms with E-state index in [1.54, 1.807) is 12.1 Å². The van der Waals surface area contributed by atoms with Gasteiger partial charge in [0.2, 0.25) is 0 Å². The number of halogens is 1. The second kappa shape index (κ2) is 10.7. The zero-order valence-electron chi connectivity index (χ0n) is 19.8. The number of carbonyl (C=O) groups is 2. The summed E-state index contributed by atoms with van der Waals surface area (Å²) >= 11 is 0. The third-order valence-electron chi connectivity index (χ3n) is 5.57. The van der Waals surface area contributed by atoms with Crippen LogP contribution >= 0.6 is 0 Å². The molecule has 0 saturated carbocycles. The Bertz CT molecular complexity index is 1460. The molecule has 180 valence electrons. The smallest absolute Gasteiger partial charge is 0.326 e. The number of benzene rings is 3. The average molecular weight is 482 g/mol. The molecule has 1 amide bonds. The number of nitrogens with one attached hydrogen (secondary N) is 1. The zero-order chi connectivity index (χ0) is 25.7. The van der Waals surface area contributed by atoms with Crippen molar-refractivity contribution in [3.05, 3.63) is 118 Å². The van der Waals surface area contributed by atoms with Crippen LogP contribution in [0.2, 0.25) is 0 Å². The molecular weight excluding hydrogens is 457 g/mol. The van der Waals surface area contributed by atoms with Crippen LogP contribution in [0.15, 0.2) is 83.3 Å². The van der Waals surface area contributed by atoms with Crippen molar-refractivity contribution in [2.45, 2.75) is 26.3 Å². The highest BCUT2D eigenvalue weighted by molar-refractivity contribution is 5.94. The predicted octanol–water partition coefficient (Wildman–Crippen LogP) is 5.53. The van der Waals surface area contributed by atoms with E-state index in [9.17, 15) is 19.1 Å². The van der Waals surface area contributed by atoms with Gasteiger partial charge in [0, 0.05) is 23.1 Å². The molecule has 1 atom stereocenters. The van der Waals surface area contributed by atoms with Crippen molar-refractivity contribution in [1.29, 1.82) is 0 Å². The minimum Gasteiger partial charge on any atom is -0.480 e. The van der Waals surface area contributed by atoms with Crippen LogP contribution in [0.3, 0.4) is 0 Å². The minimum absolute atomic E-state index is 0.0132. The number of amides is 1. The van der Waals surface area contributed by atoms with Crippen LogP contribution < -0.4 is 5.32 Å². The van der Waals surface area contributed by atoms with Crippen LogP contribution in [0.4, 0.5) is 4.39 Å². The van der Waals surface area contributed by atoms with Crippen LogP contribution in [-0.4, -0.2) is 23.0 Å². The Morgan fingerprint density at radius 1 is 0.889 bits per heavy atom. The van der Waals surface area contributed by atoms with E-state index in [4.69, 9.17) is 4.42 Å². The molecule has 0 aliphatic carbocycles. The number of rotatable bonds is 6. The predicted molar refractivity (Wildman–Crippen MR) is 135 cm³/mol. The van der Waals surface area contributed by atoms with Gasteiger partial charge < -0.3 is 14.8 Å². The van der Waals surface area contributed by atoms with Crippen LogP contribution in [0.25, 0.3) is 11.3 Å². The van der Waals surface area contributed by atoms with Gasteiger partial charge in [-0.05, 0) is 61.9 Å². The second-order valence-corrected chi connectivity index (χ2v) is 8.56. The van der Waals surface area contributed by atoms with Crippen LogP contribution in [-0.2, 0) is 11.2 Å². The number of hydrogen-bond donors (Lipinski definition) is 2. The first kappa shape index (κ1) is 24.5. The monoisotopic (exact) mass is 481 g/mol. The molecule has 4 rings (SSSR count). The van der Waals surface area contributed by atoms with Gasteiger partial charge >= 0.3 is 5.97 Å². The normalized spacial score (nSPS) is 11.3. The molecule has 0 saturated heterocycles. The van der Waals surface area contributed by atoms with Gasteiger partial charge in [0.25, 0.3) is 5.91 Å². The Kier molecular flexibility index (Phi) is 7.31. The van der Waals surface area contributed by atoms with Crippen molar-refractivity contribution >= 4 is 11.9 Å². The van der Waals surface area contributed by atoms with E-state index < -0.39 is 23.7 Å². The van der Waals surface area contributed by atoms with Gasteiger partial charge in [0.15, 0.2) is 5.76 Å². The minimum atomic E-state index is -1.29. The largest absolute Gasteiger partial charge is 0.480 e. The fourth-order valence-electron chi connectivity index (χ4n) is 3.62. The molecule has 2 N–H and O–H groups in total. The Morgan fingerprint density at radius 3 is 2.19 bits per heavy atom. The number of hydrogen-bond acceptors (Lipinski definition) is 3. The number of carboxylic acids is 1. The Hall–Kier alpha value is -4.63. The van der Waals surface area contributed by atoms with Gasteiger partial charge in [-0.1, -0.05) is 59.4 Å². The first-order valence-electron chi connectivity index (χ1n) is 11.4. The highest BCUT2D eigenvalue weighted by Gasteiger charge is 2.23. The number of carboxylic acid groups (broad SMARTS) is 1. The van der Waals surface area contributed by atoms with E-state index in [2.05, 4.69) is 17.2 Å². The maximum Gasteiger partial charge on any atom is 0.326 e. The van der Waals surface area contributed by atoms with Crippen molar-refractivity contribution in [2.24, 2.45) is 0 Å². The third kappa shape index (κ3) is 6.28. The van der Waals surface area contributed by atoms with Gasteiger partial charge in [-0.2, -0.15) is 0 Å². The van der Waals surface area contributed by atoms with Crippen LogP contribution in [0, 0.1) is 31.5 Å². The summed E-state index contributed by atoms with van der Waals surface area (Å²) in [7, 11) is 0. The lowest BCUT2D eigenvalue weighted by Gasteiger charge is -2.14. The van der Waals surface area contributed by atoms with Crippen LogP contribution in [0.1, 0.15) is 38.4 Å². The molecule has 1 unspecified atom stereocenters. The molecule has 6 heteroatoms. The zero-order valence-corrected chi connectivity index (χ0v) is 19.8. The van der Waals surface area contributed by atoms with E-state index in [0.29, 0.717) is 16.9 Å². The maximum absolute atomic E-state index is 14.3. The highest BCUT2D eigenvalue weighted by Crippen LogP contribution is 2.22. The lowest BCUT2D eigenvalue weighted by molar-refractivity contribution is -0.139. The molecule has 36 heavy (non-hydrogen) atoms. The molecule has 4 aromatic rings. The lowest BCUT2D eigenvalue weighted by atomic mass is 10.0. The van der Waals surface area contributed by atoms with E-state index in [0.717, 1.165) is 22.3 Å². The van der Waals surface area contributed by atoms with E-state index in [1.807, 2.05) is 62.4 Å². The molecule has 3 aromatic carbocycles. The summed E-state index contributed by atoms with van der Waals surface area (Å²) in [5.41, 5.74) is 4.59. The number of furan rings is 1. The molecule has 0 bridgehead atoms. The van der Waals surface area contributed by atoms with Crippen molar-refractivity contribution < 1.29 is 23.5 Å². The lowest BCUT2D eigenvalue weighted by Crippen LogP contribution is -2.42. The van der Waals surface area contributed by atoms with Gasteiger partial charge in [-0.15, -0.1) is 0 Å². The summed E-state index contributed by atoms with van der Waals surface area (Å²) in [6, 6.07) is 21.2. The van der Waals surface area contributed by atoms with Crippen LogP contribution in [0.5, 0.6) is 0 Å². The molecule has 1 heterocycles. The van der Waals surface area contributed by atoms with E-state index in [-0.39, 0.29) is 12.2 Å². The van der Waals surface area contributed by atoms with Crippen molar-refractivity contribution in [2.75, 3.05) is 0 Å². The molecule has 0 radical (unpaired) electrons. The molecule has 1 aromatic heterocycles. The Labute approximate surface area is 208 Å². The summed E-state index contributed by atoms with van der Waals surface area (Å²) in [6.07, 6.45) is -0.121. The second-order valence-electron chi connectivity index (χ2n) is 8.56. The summed E-state index contributed by atoms with van der Waals surface area (Å²) in [5.74, 6) is 3.92. The number of aryl methyl sites for hydroxylation is 2. The van der Waals surface area contributed by atoms with Crippen molar-refractivity contribution in [3.63, 3.8) is 0 Å². The Balaban J connectivity index is 1.48. The van der Waals surface area contributed by atoms with E-state index >= 15 is 0 Å². The molecule has 0 aliphatic heterocycles. The van der Waals surface area contributed by atoms with Gasteiger partial charge in [-0.3, -0.25) is 4.79 Å². The first-order valence-corrected chi connectivity index (χ1v) is 11.4. The molecule has 5 nitrogen and oxygen atoms in total. The SMILES string of the molecule is Cc1ccc(C#Cc2cc(F)cc(CC(NC(=O)c3ccc(-c4ccc(C)cc4)o3)C(=O)O)c2)cc1. The maximum atomic E-state index is 14.3. The standard InChI is InChI=1S/C30H24FNO4/c1-19-3-7-21(8-4-19)9-10-22-15-23(17-25(31)16-22)18-26(30(34)35)32-29(33)28-14-13-27(36-28)24-11-5-20(2)6-12-24/h3-8,11-17,26H,18H2,1-2H3,(H,32,33)(H,34,35). The summed E-state index contributed by atoms with van der Waals surface area (Å²) in [4.78, 5) is 24.6. The third-order valence-corrected chi connectivity index (χ3v) is 5.57. The molecule has 0 spiro atoms. The quantitative estimate of drug-likeness (QED) is 0.355. The summed E-state index contributed by atoms with van der Waals surface area (Å²) in [5, 5.41) is 12.2.